The van der Waals surface area contributed by atoms with E-state index in [0.717, 1.165) is 96.2 Å². The van der Waals surface area contributed by atoms with Crippen molar-refractivity contribution in [3.63, 3.8) is 0 Å². The second kappa shape index (κ2) is 13.9. The highest BCUT2D eigenvalue weighted by atomic mass is 16.5. The van der Waals surface area contributed by atoms with Gasteiger partial charge in [0.25, 0.3) is 0 Å². The minimum absolute atomic E-state index is 0.103. The Kier molecular flexibility index (Phi) is 10.7. The molecule has 0 amide bonds. The highest BCUT2D eigenvalue weighted by Gasteiger charge is 2.60. The molecule has 42 heavy (non-hydrogen) atoms. The van der Waals surface area contributed by atoms with Crippen LogP contribution in [0.1, 0.15) is 149 Å². The summed E-state index contributed by atoms with van der Waals surface area (Å²) in [6.45, 7) is 9.54. The molecule has 6 aliphatic rings. The van der Waals surface area contributed by atoms with Crippen molar-refractivity contribution >= 4 is 5.97 Å². The summed E-state index contributed by atoms with van der Waals surface area (Å²) in [5, 5.41) is 10.1. The second-order valence-electron chi connectivity index (χ2n) is 15.1. The lowest BCUT2D eigenvalue weighted by Crippen LogP contribution is -2.57. The molecule has 6 rings (SSSR count). The molecule has 4 aliphatic carbocycles. The van der Waals surface area contributed by atoms with Crippen molar-refractivity contribution in [1.29, 1.82) is 0 Å². The van der Waals surface area contributed by atoms with E-state index in [1.807, 2.05) is 0 Å². The van der Waals surface area contributed by atoms with Crippen LogP contribution < -0.4 is 0 Å². The lowest BCUT2D eigenvalue weighted by molar-refractivity contribution is -0.193. The number of carboxylic acid groups (broad SMARTS) is 1. The average Bonchev–Trinajstić information content (AvgIpc) is 2.90. The van der Waals surface area contributed by atoms with E-state index in [1.165, 1.54) is 57.8 Å². The SMILES string of the molecule is CCCC1(CCCCCOC(=C(C)C(=O)O)C23CC4CC(CC(OCCCCCC5(CCC)CCO5)(C4)C2)C3)CCO1. The number of unbranched alkanes of at least 4 members (excludes halogenated alkanes) is 4. The third kappa shape index (κ3) is 7.23. The molecule has 6 fully saturated rings. The first-order chi connectivity index (χ1) is 20.3. The first-order valence-corrected chi connectivity index (χ1v) is 17.8. The monoisotopic (exact) mass is 588 g/mol. The predicted molar refractivity (Wildman–Crippen MR) is 165 cm³/mol. The summed E-state index contributed by atoms with van der Waals surface area (Å²) in [6.07, 6.45) is 22.8. The average molecular weight is 589 g/mol. The van der Waals surface area contributed by atoms with Gasteiger partial charge in [-0.05, 0) is 115 Å². The van der Waals surface area contributed by atoms with E-state index >= 15 is 0 Å². The Morgan fingerprint density at radius 3 is 1.81 bits per heavy atom. The molecular weight excluding hydrogens is 528 g/mol. The van der Waals surface area contributed by atoms with Crippen molar-refractivity contribution in [3.05, 3.63) is 11.3 Å². The Bertz CT molecular complexity index is 917. The van der Waals surface area contributed by atoms with Crippen molar-refractivity contribution in [3.8, 4) is 0 Å². The Hall–Kier alpha value is -1.11. The zero-order chi connectivity index (χ0) is 29.7. The minimum Gasteiger partial charge on any atom is -0.497 e. The van der Waals surface area contributed by atoms with Crippen LogP contribution in [0.2, 0.25) is 0 Å². The van der Waals surface area contributed by atoms with Crippen LogP contribution >= 0.6 is 0 Å². The number of hydrogen-bond acceptors (Lipinski definition) is 5. The van der Waals surface area contributed by atoms with Crippen LogP contribution in [0.4, 0.5) is 0 Å². The summed E-state index contributed by atoms with van der Waals surface area (Å²) < 4.78 is 25.3. The van der Waals surface area contributed by atoms with Gasteiger partial charge in [0.15, 0.2) is 0 Å². The molecule has 4 saturated carbocycles. The maximum atomic E-state index is 12.3. The van der Waals surface area contributed by atoms with Gasteiger partial charge in [0.2, 0.25) is 0 Å². The summed E-state index contributed by atoms with van der Waals surface area (Å²) in [5.74, 6) is 1.18. The largest absolute Gasteiger partial charge is 0.497 e. The van der Waals surface area contributed by atoms with Gasteiger partial charge in [0.1, 0.15) is 5.76 Å². The van der Waals surface area contributed by atoms with Gasteiger partial charge in [-0.15, -0.1) is 0 Å². The summed E-state index contributed by atoms with van der Waals surface area (Å²) in [5.41, 5.74) is 0.446. The Balaban J connectivity index is 1.13. The topological polar surface area (TPSA) is 74.2 Å². The van der Waals surface area contributed by atoms with Crippen molar-refractivity contribution in [1.82, 2.24) is 0 Å². The van der Waals surface area contributed by atoms with Gasteiger partial charge in [-0.2, -0.15) is 0 Å². The molecule has 0 aromatic rings. The molecule has 2 heterocycles. The van der Waals surface area contributed by atoms with E-state index in [0.29, 0.717) is 24.0 Å². The fraction of sp³-hybridized carbons (Fsp3) is 0.917. The molecule has 0 aromatic heterocycles. The fourth-order valence-corrected chi connectivity index (χ4v) is 10.0. The standard InChI is InChI=1S/C36H60O6/c1-4-12-34(16-20-41-34)14-8-6-10-18-39-31(28(3)32(37)38)33-23-29-22-30(24-33)26-36(25-29,27-33)40-19-11-7-9-15-35(13-5-2)17-21-42-35/h29-30H,4-27H2,1-3H3,(H,37,38). The first kappa shape index (κ1) is 32.3. The Morgan fingerprint density at radius 1 is 0.786 bits per heavy atom. The van der Waals surface area contributed by atoms with Crippen molar-refractivity contribution < 1.29 is 28.8 Å². The van der Waals surface area contributed by atoms with Crippen molar-refractivity contribution in [2.45, 2.75) is 166 Å². The molecule has 6 heteroatoms. The van der Waals surface area contributed by atoms with E-state index in [-0.39, 0.29) is 22.2 Å². The molecule has 0 aromatic carbocycles. The summed E-state index contributed by atoms with van der Waals surface area (Å²) in [4.78, 5) is 12.3. The van der Waals surface area contributed by atoms with Crippen LogP contribution in [0.3, 0.4) is 0 Å². The third-order valence-corrected chi connectivity index (χ3v) is 11.7. The van der Waals surface area contributed by atoms with Crippen LogP contribution in [-0.4, -0.2) is 54.3 Å². The van der Waals surface area contributed by atoms with Gasteiger partial charge >= 0.3 is 5.97 Å². The molecule has 1 N–H and O–H groups in total. The van der Waals surface area contributed by atoms with Crippen LogP contribution in [0.25, 0.3) is 0 Å². The highest BCUT2D eigenvalue weighted by Crippen LogP contribution is 2.65. The number of ether oxygens (including phenoxy) is 4. The number of carboxylic acids is 1. The van der Waals surface area contributed by atoms with Crippen LogP contribution in [0.5, 0.6) is 0 Å². The molecule has 4 bridgehead atoms. The zero-order valence-corrected chi connectivity index (χ0v) is 27.1. The van der Waals surface area contributed by atoms with E-state index < -0.39 is 5.97 Å². The van der Waals surface area contributed by atoms with Gasteiger partial charge in [-0.25, -0.2) is 4.79 Å². The van der Waals surface area contributed by atoms with Crippen LogP contribution in [0.15, 0.2) is 11.3 Å². The number of hydrogen-bond donors (Lipinski definition) is 1. The van der Waals surface area contributed by atoms with E-state index in [9.17, 15) is 9.90 Å². The molecule has 4 unspecified atom stereocenters. The maximum Gasteiger partial charge on any atom is 0.334 e. The van der Waals surface area contributed by atoms with Gasteiger partial charge in [-0.1, -0.05) is 46.0 Å². The molecule has 2 saturated heterocycles. The summed E-state index contributed by atoms with van der Waals surface area (Å²) in [7, 11) is 0. The van der Waals surface area contributed by atoms with E-state index in [4.69, 9.17) is 18.9 Å². The van der Waals surface area contributed by atoms with Gasteiger partial charge in [0.05, 0.1) is 42.2 Å². The quantitative estimate of drug-likeness (QED) is 0.0871. The third-order valence-electron chi connectivity index (χ3n) is 11.7. The molecule has 4 atom stereocenters. The lowest BCUT2D eigenvalue weighted by atomic mass is 9.47. The minimum atomic E-state index is -0.837. The molecule has 0 radical (unpaired) electrons. The lowest BCUT2D eigenvalue weighted by Gasteiger charge is -2.62. The van der Waals surface area contributed by atoms with E-state index in [2.05, 4.69) is 13.8 Å². The maximum absolute atomic E-state index is 12.3. The van der Waals surface area contributed by atoms with Gasteiger partial charge in [-0.3, -0.25) is 0 Å². The zero-order valence-electron chi connectivity index (χ0n) is 27.1. The molecule has 2 aliphatic heterocycles. The van der Waals surface area contributed by atoms with Gasteiger partial charge < -0.3 is 24.1 Å². The Labute approximate surface area is 255 Å². The molecule has 240 valence electrons. The number of rotatable bonds is 20. The molecule has 6 nitrogen and oxygen atoms in total. The van der Waals surface area contributed by atoms with Crippen LogP contribution in [-0.2, 0) is 23.7 Å². The highest BCUT2D eigenvalue weighted by molar-refractivity contribution is 5.86. The molecular formula is C36H60O6. The Morgan fingerprint density at radius 2 is 1.33 bits per heavy atom. The van der Waals surface area contributed by atoms with Crippen LogP contribution in [0, 0.1) is 17.3 Å². The van der Waals surface area contributed by atoms with E-state index in [1.54, 1.807) is 6.92 Å². The normalized spacial score (nSPS) is 37.2. The van der Waals surface area contributed by atoms with Gasteiger partial charge in [0, 0.05) is 12.0 Å². The molecule has 0 spiro atoms. The smallest absolute Gasteiger partial charge is 0.334 e. The van der Waals surface area contributed by atoms with Crippen molar-refractivity contribution in [2.24, 2.45) is 17.3 Å². The first-order valence-electron chi connectivity index (χ1n) is 17.8. The number of allylic oxidation sites excluding steroid dienone is 1. The number of aliphatic carboxylic acids is 1. The fourth-order valence-electron chi connectivity index (χ4n) is 10.0. The second-order valence-corrected chi connectivity index (χ2v) is 15.1. The summed E-state index contributed by atoms with van der Waals surface area (Å²) in [6, 6.07) is 0. The summed E-state index contributed by atoms with van der Waals surface area (Å²) >= 11 is 0. The predicted octanol–water partition coefficient (Wildman–Crippen LogP) is 8.76. The van der Waals surface area contributed by atoms with Crippen molar-refractivity contribution in [2.75, 3.05) is 26.4 Å². The number of carbonyl (C=O) groups is 1.